The molecule has 0 saturated carbocycles. The van der Waals surface area contributed by atoms with Crippen LogP contribution in [0.4, 0.5) is 0 Å². The van der Waals surface area contributed by atoms with Gasteiger partial charge >= 0.3 is 0 Å². The number of hydrogen-bond acceptors (Lipinski definition) is 4. The number of nitriles is 1. The number of rotatable bonds is 0. The first-order valence-electron chi connectivity index (χ1n) is 6.64. The minimum atomic E-state index is -0.335. The Balaban J connectivity index is 0.000000956. The van der Waals surface area contributed by atoms with Crippen molar-refractivity contribution >= 4 is 11.0 Å². The highest BCUT2D eigenvalue weighted by Crippen LogP contribution is 2.15. The van der Waals surface area contributed by atoms with Gasteiger partial charge in [0, 0.05) is 5.54 Å². The summed E-state index contributed by atoms with van der Waals surface area (Å²) in [5.41, 5.74) is 0.880. The van der Waals surface area contributed by atoms with Crippen LogP contribution in [0.3, 0.4) is 0 Å². The van der Waals surface area contributed by atoms with Crippen LogP contribution in [0.25, 0.3) is 11.0 Å². The van der Waals surface area contributed by atoms with Crippen molar-refractivity contribution in [2.75, 3.05) is 0 Å². The summed E-state index contributed by atoms with van der Waals surface area (Å²) in [7, 11) is 0. The summed E-state index contributed by atoms with van der Waals surface area (Å²) in [4.78, 5) is 20.6. The van der Waals surface area contributed by atoms with Crippen LogP contribution in [0, 0.1) is 18.3 Å². The van der Waals surface area contributed by atoms with Gasteiger partial charge in [-0.2, -0.15) is 5.26 Å². The average Bonchev–Trinajstić information content (AvgIpc) is 2.39. The fourth-order valence-corrected chi connectivity index (χ4v) is 1.83. The van der Waals surface area contributed by atoms with E-state index in [-0.39, 0.29) is 16.8 Å². The van der Waals surface area contributed by atoms with E-state index in [1.165, 1.54) is 6.33 Å². The molecule has 106 valence electrons. The molecular weight excluding hydrogens is 252 g/mol. The Labute approximate surface area is 118 Å². The van der Waals surface area contributed by atoms with Crippen molar-refractivity contribution in [2.45, 2.75) is 47.1 Å². The van der Waals surface area contributed by atoms with Crippen molar-refractivity contribution in [1.29, 1.82) is 5.26 Å². The monoisotopic (exact) mass is 272 g/mol. The van der Waals surface area contributed by atoms with Gasteiger partial charge in [0.25, 0.3) is 5.56 Å². The highest BCUT2D eigenvalue weighted by molar-refractivity contribution is 5.77. The minimum absolute atomic E-state index is 0.123. The van der Waals surface area contributed by atoms with E-state index in [9.17, 15) is 4.79 Å². The first-order valence-corrected chi connectivity index (χ1v) is 6.64. The van der Waals surface area contributed by atoms with E-state index in [2.05, 4.69) is 9.97 Å². The van der Waals surface area contributed by atoms with Crippen LogP contribution in [0.1, 0.15) is 45.9 Å². The molecule has 0 bridgehead atoms. The predicted octanol–water partition coefficient (Wildman–Crippen LogP) is 2.75. The summed E-state index contributed by atoms with van der Waals surface area (Å²) in [6.07, 6.45) is 1.48. The summed E-state index contributed by atoms with van der Waals surface area (Å²) in [6.45, 7) is 11.6. The van der Waals surface area contributed by atoms with Crippen LogP contribution >= 0.6 is 0 Å². The molecule has 0 atom stereocenters. The van der Waals surface area contributed by atoms with Crippen molar-refractivity contribution < 1.29 is 0 Å². The number of aromatic nitrogens is 3. The number of nitrogens with zero attached hydrogens (tertiary/aromatic N) is 4. The maximum atomic E-state index is 12.4. The Morgan fingerprint density at radius 2 is 1.90 bits per heavy atom. The van der Waals surface area contributed by atoms with Gasteiger partial charge in [-0.1, -0.05) is 13.8 Å². The molecule has 0 N–H and O–H groups in total. The first-order chi connectivity index (χ1) is 9.34. The molecule has 20 heavy (non-hydrogen) atoms. The van der Waals surface area contributed by atoms with Gasteiger partial charge in [-0.05, 0) is 39.3 Å². The van der Waals surface area contributed by atoms with Crippen molar-refractivity contribution in [2.24, 2.45) is 0 Å². The van der Waals surface area contributed by atoms with Crippen LogP contribution in [-0.4, -0.2) is 14.5 Å². The molecule has 2 aromatic heterocycles. The maximum absolute atomic E-state index is 12.4. The van der Waals surface area contributed by atoms with Gasteiger partial charge in [0.1, 0.15) is 18.1 Å². The van der Waals surface area contributed by atoms with E-state index in [1.807, 2.05) is 40.7 Å². The summed E-state index contributed by atoms with van der Waals surface area (Å²) in [6, 6.07) is 3.57. The lowest BCUT2D eigenvalue weighted by Gasteiger charge is -2.22. The maximum Gasteiger partial charge on any atom is 0.263 e. The van der Waals surface area contributed by atoms with Crippen molar-refractivity contribution in [3.63, 3.8) is 0 Å². The van der Waals surface area contributed by atoms with E-state index >= 15 is 0 Å². The molecular formula is C15H20N4O. The lowest BCUT2D eigenvalue weighted by molar-refractivity contribution is 0.381. The van der Waals surface area contributed by atoms with Gasteiger partial charge < -0.3 is 0 Å². The summed E-state index contributed by atoms with van der Waals surface area (Å²) in [5, 5.41) is 9.33. The SMILES string of the molecule is CC.Cc1cc(C#N)nc2ncn(C(C)(C)C)c(=O)c12. The molecule has 2 rings (SSSR count). The van der Waals surface area contributed by atoms with Crippen LogP contribution in [-0.2, 0) is 5.54 Å². The van der Waals surface area contributed by atoms with E-state index < -0.39 is 0 Å². The lowest BCUT2D eigenvalue weighted by Crippen LogP contribution is -2.34. The van der Waals surface area contributed by atoms with Gasteiger partial charge in [0.2, 0.25) is 0 Å². The number of aryl methyl sites for hydroxylation is 1. The molecule has 0 aliphatic rings. The fraction of sp³-hybridized carbons (Fsp3) is 0.467. The zero-order chi connectivity index (χ0) is 15.5. The second-order valence-corrected chi connectivity index (χ2v) is 5.23. The summed E-state index contributed by atoms with van der Waals surface area (Å²) >= 11 is 0. The number of fused-ring (bicyclic) bond motifs is 1. The minimum Gasteiger partial charge on any atom is -0.293 e. The first kappa shape index (κ1) is 15.8. The molecule has 0 aromatic carbocycles. The Hall–Kier alpha value is -2.22. The predicted molar refractivity (Wildman–Crippen MR) is 79.6 cm³/mol. The largest absolute Gasteiger partial charge is 0.293 e. The molecule has 0 radical (unpaired) electrons. The third kappa shape index (κ3) is 2.85. The Bertz CT molecular complexity index is 717. The van der Waals surface area contributed by atoms with Crippen molar-refractivity contribution in [3.8, 4) is 6.07 Å². The molecule has 0 unspecified atom stereocenters. The summed E-state index contributed by atoms with van der Waals surface area (Å²) in [5.74, 6) is 0. The highest BCUT2D eigenvalue weighted by atomic mass is 16.1. The van der Waals surface area contributed by atoms with Crippen LogP contribution in [0.5, 0.6) is 0 Å². The third-order valence-corrected chi connectivity index (χ3v) is 2.76. The van der Waals surface area contributed by atoms with Gasteiger partial charge in [0.15, 0.2) is 5.65 Å². The normalized spacial score (nSPS) is 10.7. The van der Waals surface area contributed by atoms with Crippen LogP contribution in [0.15, 0.2) is 17.2 Å². The van der Waals surface area contributed by atoms with Gasteiger partial charge in [0.05, 0.1) is 5.39 Å². The number of pyridine rings is 1. The molecule has 0 saturated heterocycles. The quantitative estimate of drug-likeness (QED) is 0.739. The Kier molecular flexibility index (Phi) is 4.61. The number of hydrogen-bond donors (Lipinski definition) is 0. The smallest absolute Gasteiger partial charge is 0.263 e. The van der Waals surface area contributed by atoms with Crippen molar-refractivity contribution in [3.05, 3.63) is 34.0 Å². The Morgan fingerprint density at radius 1 is 1.30 bits per heavy atom. The molecule has 2 aromatic rings. The molecule has 0 spiro atoms. The topological polar surface area (TPSA) is 71.6 Å². The second-order valence-electron chi connectivity index (χ2n) is 5.23. The highest BCUT2D eigenvalue weighted by Gasteiger charge is 2.18. The van der Waals surface area contributed by atoms with Crippen LogP contribution < -0.4 is 5.56 Å². The standard InChI is InChI=1S/C13H14N4O.C2H6/c1-8-5-9(6-14)16-11-10(8)12(18)17(7-15-11)13(2,3)4;1-2/h5,7H,1-4H3;1-2H3. The van der Waals surface area contributed by atoms with Crippen molar-refractivity contribution in [1.82, 2.24) is 14.5 Å². The lowest BCUT2D eigenvalue weighted by atomic mass is 10.1. The third-order valence-electron chi connectivity index (χ3n) is 2.76. The molecule has 5 nitrogen and oxygen atoms in total. The van der Waals surface area contributed by atoms with Gasteiger partial charge in [-0.15, -0.1) is 0 Å². The molecule has 0 fully saturated rings. The van der Waals surface area contributed by atoms with Gasteiger partial charge in [-0.3, -0.25) is 9.36 Å². The zero-order valence-corrected chi connectivity index (χ0v) is 12.9. The van der Waals surface area contributed by atoms with E-state index in [0.29, 0.717) is 11.0 Å². The molecule has 0 aliphatic heterocycles. The second kappa shape index (κ2) is 5.83. The van der Waals surface area contributed by atoms with E-state index in [4.69, 9.17) is 5.26 Å². The fourth-order valence-electron chi connectivity index (χ4n) is 1.83. The van der Waals surface area contributed by atoms with Gasteiger partial charge in [-0.25, -0.2) is 9.97 Å². The van der Waals surface area contributed by atoms with E-state index in [1.54, 1.807) is 17.6 Å². The molecule has 5 heteroatoms. The summed E-state index contributed by atoms with van der Waals surface area (Å²) < 4.78 is 1.58. The molecule has 0 aliphatic carbocycles. The molecule has 0 amide bonds. The average molecular weight is 272 g/mol. The van der Waals surface area contributed by atoms with Crippen LogP contribution in [0.2, 0.25) is 0 Å². The zero-order valence-electron chi connectivity index (χ0n) is 12.9. The van der Waals surface area contributed by atoms with E-state index in [0.717, 1.165) is 5.56 Å². The molecule has 2 heterocycles. The Morgan fingerprint density at radius 3 is 2.40 bits per heavy atom.